The zero-order valence-electron chi connectivity index (χ0n) is 12.7. The molecule has 120 valence electrons. The predicted octanol–water partition coefficient (Wildman–Crippen LogP) is 2.35. The van der Waals surface area contributed by atoms with Crippen LogP contribution in [0.5, 0.6) is 0 Å². The first-order valence-electron chi connectivity index (χ1n) is 7.36. The average molecular weight is 321 g/mol. The summed E-state index contributed by atoms with van der Waals surface area (Å²) < 4.78 is 5.37. The van der Waals surface area contributed by atoms with Gasteiger partial charge in [-0.15, -0.1) is 0 Å². The SMILES string of the molecule is O=C(Cc1coc(-c2ccccc2)n1)NNC(=O)c1ccccc1. The van der Waals surface area contributed by atoms with E-state index in [9.17, 15) is 9.59 Å². The molecule has 0 saturated heterocycles. The third kappa shape index (κ3) is 3.86. The van der Waals surface area contributed by atoms with E-state index in [0.717, 1.165) is 5.56 Å². The molecule has 0 atom stereocenters. The highest BCUT2D eigenvalue weighted by molar-refractivity contribution is 5.95. The molecule has 0 aliphatic rings. The minimum atomic E-state index is -0.382. The molecule has 0 bridgehead atoms. The number of carbonyl (C=O) groups excluding carboxylic acids is 2. The molecule has 3 aromatic rings. The van der Waals surface area contributed by atoms with Crippen molar-refractivity contribution in [1.82, 2.24) is 15.8 Å². The second kappa shape index (κ2) is 7.23. The van der Waals surface area contributed by atoms with Crippen molar-refractivity contribution in [3.8, 4) is 11.5 Å². The number of carbonyl (C=O) groups is 2. The number of amides is 2. The van der Waals surface area contributed by atoms with Crippen molar-refractivity contribution in [1.29, 1.82) is 0 Å². The van der Waals surface area contributed by atoms with Gasteiger partial charge in [-0.25, -0.2) is 4.98 Å². The molecule has 6 nitrogen and oxygen atoms in total. The summed E-state index contributed by atoms with van der Waals surface area (Å²) in [6.07, 6.45) is 1.44. The molecular formula is C18H15N3O3. The van der Waals surface area contributed by atoms with Gasteiger partial charge in [-0.3, -0.25) is 20.4 Å². The number of hydrogen-bond donors (Lipinski definition) is 2. The molecule has 0 saturated carbocycles. The fraction of sp³-hybridized carbons (Fsp3) is 0.0556. The zero-order valence-corrected chi connectivity index (χ0v) is 12.7. The summed E-state index contributed by atoms with van der Waals surface area (Å²) in [5, 5.41) is 0. The predicted molar refractivity (Wildman–Crippen MR) is 87.7 cm³/mol. The van der Waals surface area contributed by atoms with E-state index < -0.39 is 0 Å². The topological polar surface area (TPSA) is 84.2 Å². The van der Waals surface area contributed by atoms with Gasteiger partial charge in [-0.1, -0.05) is 36.4 Å². The highest BCUT2D eigenvalue weighted by Gasteiger charge is 2.11. The Morgan fingerprint density at radius 1 is 0.917 bits per heavy atom. The van der Waals surface area contributed by atoms with Crippen molar-refractivity contribution >= 4 is 11.8 Å². The van der Waals surface area contributed by atoms with Crippen LogP contribution < -0.4 is 10.9 Å². The lowest BCUT2D eigenvalue weighted by Crippen LogP contribution is -2.42. The number of hydrazine groups is 1. The zero-order chi connectivity index (χ0) is 16.8. The van der Waals surface area contributed by atoms with E-state index in [1.807, 2.05) is 36.4 Å². The maximum atomic E-state index is 11.9. The molecule has 2 N–H and O–H groups in total. The van der Waals surface area contributed by atoms with Gasteiger partial charge in [0.05, 0.1) is 12.1 Å². The summed E-state index contributed by atoms with van der Waals surface area (Å²) in [5.74, 6) is -0.312. The third-order valence-electron chi connectivity index (χ3n) is 3.27. The van der Waals surface area contributed by atoms with Crippen LogP contribution in [0.1, 0.15) is 16.1 Å². The Bertz CT molecular complexity index is 829. The van der Waals surface area contributed by atoms with E-state index in [2.05, 4.69) is 15.8 Å². The second-order valence-corrected chi connectivity index (χ2v) is 5.06. The fourth-order valence-corrected chi connectivity index (χ4v) is 2.10. The average Bonchev–Trinajstić information content (AvgIpc) is 3.09. The molecule has 0 fully saturated rings. The number of hydrogen-bond acceptors (Lipinski definition) is 4. The molecule has 0 aliphatic heterocycles. The van der Waals surface area contributed by atoms with Crippen LogP contribution in [0.15, 0.2) is 71.3 Å². The van der Waals surface area contributed by atoms with E-state index in [1.54, 1.807) is 24.3 Å². The molecule has 1 aromatic heterocycles. The minimum Gasteiger partial charge on any atom is -0.444 e. The molecule has 2 amide bonds. The first-order chi connectivity index (χ1) is 11.7. The summed E-state index contributed by atoms with van der Waals surface area (Å²) in [6, 6.07) is 18.0. The highest BCUT2D eigenvalue weighted by Crippen LogP contribution is 2.17. The van der Waals surface area contributed by atoms with Crippen LogP contribution in [-0.4, -0.2) is 16.8 Å². The first kappa shape index (κ1) is 15.5. The summed E-state index contributed by atoms with van der Waals surface area (Å²) >= 11 is 0. The van der Waals surface area contributed by atoms with Crippen molar-refractivity contribution < 1.29 is 14.0 Å². The van der Waals surface area contributed by atoms with Crippen LogP contribution in [0.25, 0.3) is 11.5 Å². The van der Waals surface area contributed by atoms with E-state index in [-0.39, 0.29) is 18.2 Å². The Balaban J connectivity index is 1.54. The van der Waals surface area contributed by atoms with Gasteiger partial charge in [0, 0.05) is 11.1 Å². The van der Waals surface area contributed by atoms with Crippen molar-refractivity contribution in [2.24, 2.45) is 0 Å². The molecule has 3 rings (SSSR count). The largest absolute Gasteiger partial charge is 0.444 e. The maximum Gasteiger partial charge on any atom is 0.269 e. The maximum absolute atomic E-state index is 11.9. The molecule has 24 heavy (non-hydrogen) atoms. The van der Waals surface area contributed by atoms with Gasteiger partial charge in [0.15, 0.2) is 0 Å². The van der Waals surface area contributed by atoms with E-state index in [0.29, 0.717) is 17.1 Å². The highest BCUT2D eigenvalue weighted by atomic mass is 16.3. The van der Waals surface area contributed by atoms with Crippen molar-refractivity contribution in [3.63, 3.8) is 0 Å². The quantitative estimate of drug-likeness (QED) is 0.722. The van der Waals surface area contributed by atoms with Gasteiger partial charge in [-0.05, 0) is 24.3 Å². The number of nitrogens with zero attached hydrogens (tertiary/aromatic N) is 1. The summed E-state index contributed by atoms with van der Waals surface area (Å²) in [5.41, 5.74) is 6.50. The van der Waals surface area contributed by atoms with E-state index >= 15 is 0 Å². The first-order valence-corrected chi connectivity index (χ1v) is 7.36. The summed E-state index contributed by atoms with van der Waals surface area (Å²) in [7, 11) is 0. The Morgan fingerprint density at radius 2 is 1.58 bits per heavy atom. The molecular weight excluding hydrogens is 306 g/mol. The lowest BCUT2D eigenvalue weighted by Gasteiger charge is -2.06. The smallest absolute Gasteiger partial charge is 0.269 e. The summed E-state index contributed by atoms with van der Waals surface area (Å²) in [6.45, 7) is 0. The van der Waals surface area contributed by atoms with Crippen LogP contribution in [-0.2, 0) is 11.2 Å². The van der Waals surface area contributed by atoms with Crippen LogP contribution >= 0.6 is 0 Å². The number of rotatable bonds is 4. The fourth-order valence-electron chi connectivity index (χ4n) is 2.10. The monoisotopic (exact) mass is 321 g/mol. The Hall–Kier alpha value is -3.41. The molecule has 1 heterocycles. The van der Waals surface area contributed by atoms with Crippen LogP contribution in [0, 0.1) is 0 Å². The Kier molecular flexibility index (Phi) is 4.67. The number of nitrogens with one attached hydrogen (secondary N) is 2. The molecule has 0 aliphatic carbocycles. The van der Waals surface area contributed by atoms with E-state index in [4.69, 9.17) is 4.42 Å². The van der Waals surface area contributed by atoms with E-state index in [1.165, 1.54) is 6.26 Å². The molecule has 0 spiro atoms. The Labute approximate surface area is 138 Å². The normalized spacial score (nSPS) is 10.2. The standard InChI is InChI=1S/C18H15N3O3/c22-16(20-21-17(23)13-7-3-1-4-8-13)11-15-12-24-18(19-15)14-9-5-2-6-10-14/h1-10,12H,11H2,(H,20,22)(H,21,23). The summed E-state index contributed by atoms with van der Waals surface area (Å²) in [4.78, 5) is 28.0. The number of aromatic nitrogens is 1. The molecule has 0 unspecified atom stereocenters. The van der Waals surface area contributed by atoms with Gasteiger partial charge in [0.25, 0.3) is 5.91 Å². The Morgan fingerprint density at radius 3 is 2.29 bits per heavy atom. The van der Waals surface area contributed by atoms with Crippen LogP contribution in [0.4, 0.5) is 0 Å². The number of benzene rings is 2. The lowest BCUT2D eigenvalue weighted by molar-refractivity contribution is -0.121. The molecule has 0 radical (unpaired) electrons. The van der Waals surface area contributed by atoms with Crippen molar-refractivity contribution in [2.75, 3.05) is 0 Å². The van der Waals surface area contributed by atoms with Gasteiger partial charge in [0.1, 0.15) is 6.26 Å². The number of oxazole rings is 1. The van der Waals surface area contributed by atoms with Gasteiger partial charge in [0.2, 0.25) is 11.8 Å². The minimum absolute atomic E-state index is 0.00536. The van der Waals surface area contributed by atoms with Gasteiger partial charge in [-0.2, -0.15) is 0 Å². The second-order valence-electron chi connectivity index (χ2n) is 5.06. The van der Waals surface area contributed by atoms with Gasteiger partial charge >= 0.3 is 0 Å². The third-order valence-corrected chi connectivity index (χ3v) is 3.27. The van der Waals surface area contributed by atoms with Crippen molar-refractivity contribution in [2.45, 2.75) is 6.42 Å². The van der Waals surface area contributed by atoms with Crippen molar-refractivity contribution in [3.05, 3.63) is 78.2 Å². The molecule has 6 heteroatoms. The van der Waals surface area contributed by atoms with Gasteiger partial charge < -0.3 is 4.42 Å². The van der Waals surface area contributed by atoms with Crippen LogP contribution in [0.3, 0.4) is 0 Å². The molecule has 2 aromatic carbocycles. The van der Waals surface area contributed by atoms with Crippen LogP contribution in [0.2, 0.25) is 0 Å². The lowest BCUT2D eigenvalue weighted by atomic mass is 10.2.